The van der Waals surface area contributed by atoms with Gasteiger partial charge in [-0.15, -0.1) is 0 Å². The minimum atomic E-state index is -0.860. The normalized spacial score (nSPS) is 31.9. The number of aliphatic carboxylic acids is 1. The Morgan fingerprint density at radius 1 is 0.641 bits per heavy atom. The van der Waals surface area contributed by atoms with Gasteiger partial charge in [-0.1, -0.05) is 97.4 Å². The summed E-state index contributed by atoms with van der Waals surface area (Å²) in [5.74, 6) is 4.38. The number of carbonyl (C=O) groups is 4. The van der Waals surface area contributed by atoms with Crippen molar-refractivity contribution in [2.24, 2.45) is 76.4 Å². The van der Waals surface area contributed by atoms with Gasteiger partial charge in [-0.25, -0.2) is 0 Å². The Bertz CT molecular complexity index is 1310. The van der Waals surface area contributed by atoms with Crippen molar-refractivity contribution in [1.29, 1.82) is 0 Å². The highest BCUT2D eigenvalue weighted by molar-refractivity contribution is 5.79. The fraction of sp³-hybridized carbons (Fsp3) is 0.925. The zero-order valence-electron chi connectivity index (χ0n) is 37.2. The van der Waals surface area contributed by atoms with Crippen LogP contribution in [0.2, 0.25) is 0 Å². The molecule has 0 radical (unpaired) electrons. The quantitative estimate of drug-likeness (QED) is 0.0584. The smallest absolute Gasteiger partial charge is 0.311 e. The molecule has 7 aliphatic rings. The summed E-state index contributed by atoms with van der Waals surface area (Å²) in [6.07, 6.45) is 18.4. The number of aliphatic hydroxyl groups excluding tert-OH is 2. The molecule has 382 valence electrons. The van der Waals surface area contributed by atoms with E-state index in [4.69, 9.17) is 28.8 Å². The molecule has 0 aliphatic heterocycles. The molecule has 0 saturated heterocycles. The van der Waals surface area contributed by atoms with Crippen LogP contribution in [0, 0.1) is 76.4 Å². The minimum absolute atomic E-state index is 0. The first-order chi connectivity index (χ1) is 27.6. The van der Waals surface area contributed by atoms with Crippen LogP contribution in [0.1, 0.15) is 195 Å². The molecule has 64 heavy (non-hydrogen) atoms. The standard InChI is InChI=1S/C28H44O7.C10H16O2.C7H16.C2H4O2.6CH4/c1-6-16(25(29)34-10-9-32-4)11-20(15-28(2,3)27(31)33-5)26(30)35-22-14-19-13-21(22)24-18-8-7-17(12-18)23(19)24;11-8-4-7-5-1-2-6(3-5)9(7)10(8)12;1-3-5-7-6-4-2;1-2(3)4;;;;;;/h16-24H,6-15H2,1-5H3;5-12H,1-4H2;3-7H2,1-2H3;1H3,(H,3,4);6*1H4. The van der Waals surface area contributed by atoms with Crippen LogP contribution in [0.5, 0.6) is 0 Å². The summed E-state index contributed by atoms with van der Waals surface area (Å²) in [5, 5.41) is 26.7. The molecule has 7 fully saturated rings. The van der Waals surface area contributed by atoms with Crippen molar-refractivity contribution in [2.75, 3.05) is 27.4 Å². The molecule has 0 aromatic carbocycles. The second kappa shape index (κ2) is 30.9. The van der Waals surface area contributed by atoms with Crippen molar-refractivity contribution in [3.05, 3.63) is 0 Å². The van der Waals surface area contributed by atoms with Gasteiger partial charge in [0.15, 0.2) is 0 Å². The number of methoxy groups -OCH3 is 2. The van der Waals surface area contributed by atoms with Crippen molar-refractivity contribution in [2.45, 2.75) is 214 Å². The van der Waals surface area contributed by atoms with Crippen LogP contribution < -0.4 is 0 Å². The van der Waals surface area contributed by atoms with E-state index in [2.05, 4.69) is 13.8 Å². The zero-order valence-corrected chi connectivity index (χ0v) is 37.2. The molecule has 15 atom stereocenters. The van der Waals surface area contributed by atoms with Gasteiger partial charge in [0.1, 0.15) is 12.7 Å². The molecule has 0 heterocycles. The van der Waals surface area contributed by atoms with Gasteiger partial charge in [-0.3, -0.25) is 19.2 Å². The fourth-order valence-corrected chi connectivity index (χ4v) is 12.9. The maximum Gasteiger partial charge on any atom is 0.311 e. The first-order valence-electron chi connectivity index (χ1n) is 23.1. The lowest BCUT2D eigenvalue weighted by molar-refractivity contribution is -0.164. The molecule has 11 nitrogen and oxygen atoms in total. The Hall–Kier alpha value is -2.24. The lowest BCUT2D eigenvalue weighted by Crippen LogP contribution is -2.40. The highest BCUT2D eigenvalue weighted by atomic mass is 16.6. The number of fused-ring (bicyclic) bond motifs is 14. The molecule has 6 bridgehead atoms. The number of unbranched alkanes of at least 4 members (excludes halogenated alkanes) is 4. The summed E-state index contributed by atoms with van der Waals surface area (Å²) in [6.45, 7) is 11.6. The van der Waals surface area contributed by atoms with E-state index < -0.39 is 35.4 Å². The molecule has 0 aromatic rings. The predicted octanol–water partition coefficient (Wildman–Crippen LogP) is 12.1. The fourth-order valence-electron chi connectivity index (χ4n) is 12.9. The maximum absolute atomic E-state index is 13.6. The molecule has 15 unspecified atom stereocenters. The number of hydrogen-bond donors (Lipinski definition) is 3. The predicted molar refractivity (Wildman–Crippen MR) is 262 cm³/mol. The molecule has 3 N–H and O–H groups in total. The Morgan fingerprint density at radius 3 is 1.69 bits per heavy atom. The molecular weight excluding hydrogens is 813 g/mol. The molecule has 0 spiro atoms. The van der Waals surface area contributed by atoms with Gasteiger partial charge in [-0.2, -0.15) is 0 Å². The first kappa shape index (κ1) is 66.0. The van der Waals surface area contributed by atoms with Crippen molar-refractivity contribution < 1.29 is 53.4 Å². The number of carboxylic acids is 1. The van der Waals surface area contributed by atoms with E-state index in [0.29, 0.717) is 43.1 Å². The van der Waals surface area contributed by atoms with Gasteiger partial charge in [0, 0.05) is 14.0 Å². The number of esters is 3. The number of rotatable bonds is 16. The van der Waals surface area contributed by atoms with Crippen LogP contribution in [-0.4, -0.2) is 84.9 Å². The average molecular weight is 917 g/mol. The van der Waals surface area contributed by atoms with Gasteiger partial charge in [0.05, 0.1) is 43.2 Å². The van der Waals surface area contributed by atoms with E-state index in [1.54, 1.807) is 21.0 Å². The van der Waals surface area contributed by atoms with Crippen LogP contribution in [-0.2, 0) is 38.1 Å². The van der Waals surface area contributed by atoms with Gasteiger partial charge in [0.25, 0.3) is 5.97 Å². The number of aliphatic hydroxyl groups is 2. The van der Waals surface area contributed by atoms with Crippen molar-refractivity contribution in [3.63, 3.8) is 0 Å². The van der Waals surface area contributed by atoms with Crippen LogP contribution in [0.25, 0.3) is 0 Å². The first-order valence-corrected chi connectivity index (χ1v) is 23.1. The van der Waals surface area contributed by atoms with E-state index in [0.717, 1.165) is 55.3 Å². The van der Waals surface area contributed by atoms with Gasteiger partial charge >= 0.3 is 17.9 Å². The maximum atomic E-state index is 13.6. The molecule has 7 saturated carbocycles. The molecule has 7 rings (SSSR count). The van der Waals surface area contributed by atoms with E-state index in [9.17, 15) is 24.6 Å². The van der Waals surface area contributed by atoms with Gasteiger partial charge in [-0.05, 0) is 150 Å². The number of carbonyl (C=O) groups excluding carboxylic acids is 3. The van der Waals surface area contributed by atoms with Crippen LogP contribution in [0.15, 0.2) is 0 Å². The third-order valence-corrected chi connectivity index (χ3v) is 15.4. The third-order valence-electron chi connectivity index (χ3n) is 15.4. The van der Waals surface area contributed by atoms with Crippen molar-refractivity contribution in [1.82, 2.24) is 0 Å². The summed E-state index contributed by atoms with van der Waals surface area (Å²) < 4.78 is 21.6. The van der Waals surface area contributed by atoms with E-state index in [-0.39, 0.29) is 81.6 Å². The molecule has 0 aromatic heterocycles. The zero-order chi connectivity index (χ0) is 42.7. The lowest BCUT2D eigenvalue weighted by atomic mass is 9.70. The number of carboxylic acid groups (broad SMARTS) is 1. The average Bonchev–Trinajstić information content (AvgIpc) is 4.06. The topological polar surface area (TPSA) is 166 Å². The molecule has 7 aliphatic carbocycles. The Labute approximate surface area is 393 Å². The molecular formula is C53H104O11. The van der Waals surface area contributed by atoms with Crippen molar-refractivity contribution in [3.8, 4) is 0 Å². The number of ether oxygens (including phenoxy) is 4. The third kappa shape index (κ3) is 16.5. The van der Waals surface area contributed by atoms with Gasteiger partial charge < -0.3 is 34.3 Å². The van der Waals surface area contributed by atoms with E-state index >= 15 is 0 Å². The van der Waals surface area contributed by atoms with Crippen molar-refractivity contribution >= 4 is 23.9 Å². The highest BCUT2D eigenvalue weighted by Crippen LogP contribution is 2.68. The monoisotopic (exact) mass is 917 g/mol. The summed E-state index contributed by atoms with van der Waals surface area (Å²) in [5.41, 5.74) is -0.860. The van der Waals surface area contributed by atoms with Crippen LogP contribution >= 0.6 is 0 Å². The SMILES string of the molecule is C.C.C.C.C.C.CC(=O)O.CCC(CC(CC(C)(C)C(=O)OC)C(=O)OC1CC2CC1C1C3CCC(C3)C21)C(=O)OCCOC.CCCCCCC.OC1CC2C3CCC(C3)C2C1O. The summed E-state index contributed by atoms with van der Waals surface area (Å²) in [7, 11) is 2.92. The molecule has 11 heteroatoms. The second-order valence-electron chi connectivity index (χ2n) is 19.6. The van der Waals surface area contributed by atoms with Gasteiger partial charge in [0.2, 0.25) is 0 Å². The summed E-state index contributed by atoms with van der Waals surface area (Å²) in [6, 6.07) is 0. The Morgan fingerprint density at radius 2 is 1.17 bits per heavy atom. The lowest BCUT2D eigenvalue weighted by Gasteiger charge is -2.39. The Balaban J connectivity index is -0.00000106. The Kier molecular flexibility index (Phi) is 31.9. The van der Waals surface area contributed by atoms with Crippen LogP contribution in [0.4, 0.5) is 0 Å². The minimum Gasteiger partial charge on any atom is -0.481 e. The second-order valence-corrected chi connectivity index (χ2v) is 19.6. The summed E-state index contributed by atoms with van der Waals surface area (Å²) >= 11 is 0. The summed E-state index contributed by atoms with van der Waals surface area (Å²) in [4.78, 5) is 47.7. The van der Waals surface area contributed by atoms with E-state index in [1.807, 2.05) is 6.92 Å². The largest absolute Gasteiger partial charge is 0.481 e. The van der Waals surface area contributed by atoms with E-state index in [1.165, 1.54) is 84.2 Å². The molecule has 0 amide bonds. The van der Waals surface area contributed by atoms with Crippen LogP contribution in [0.3, 0.4) is 0 Å². The number of hydrogen-bond acceptors (Lipinski definition) is 10. The highest BCUT2D eigenvalue weighted by Gasteiger charge is 2.63.